The minimum atomic E-state index is -0.952. The maximum absolute atomic E-state index is 11.9. The molecule has 23 heavy (non-hydrogen) atoms. The van der Waals surface area contributed by atoms with Gasteiger partial charge in [0, 0.05) is 26.2 Å². The number of nitrogens with zero attached hydrogens (tertiary/aromatic N) is 4. The van der Waals surface area contributed by atoms with Gasteiger partial charge in [0.2, 0.25) is 0 Å². The SMILES string of the molecule is CCOC(=O)c1cc(C#N)c(N2CCN(C(=O)O)CC2)nc1C. The first kappa shape index (κ1) is 16.5. The van der Waals surface area contributed by atoms with E-state index in [1.165, 1.54) is 11.0 Å². The number of amides is 1. The highest BCUT2D eigenvalue weighted by molar-refractivity contribution is 5.91. The van der Waals surface area contributed by atoms with Crippen molar-refractivity contribution >= 4 is 17.9 Å². The number of rotatable bonds is 3. The van der Waals surface area contributed by atoms with Crippen LogP contribution in [0.1, 0.15) is 28.5 Å². The van der Waals surface area contributed by atoms with Crippen LogP contribution < -0.4 is 4.90 Å². The summed E-state index contributed by atoms with van der Waals surface area (Å²) in [5.41, 5.74) is 1.04. The molecule has 1 aliphatic rings. The van der Waals surface area contributed by atoms with E-state index in [4.69, 9.17) is 9.84 Å². The molecule has 0 radical (unpaired) electrons. The minimum Gasteiger partial charge on any atom is -0.465 e. The monoisotopic (exact) mass is 318 g/mol. The summed E-state index contributed by atoms with van der Waals surface area (Å²) in [5, 5.41) is 18.3. The van der Waals surface area contributed by atoms with Gasteiger partial charge in [0.1, 0.15) is 11.9 Å². The summed E-state index contributed by atoms with van der Waals surface area (Å²) in [4.78, 5) is 30.4. The fourth-order valence-electron chi connectivity index (χ4n) is 2.44. The number of pyridine rings is 1. The predicted octanol–water partition coefficient (Wildman–Crippen LogP) is 1.24. The normalized spacial score (nSPS) is 14.3. The highest BCUT2D eigenvalue weighted by atomic mass is 16.5. The molecule has 0 aliphatic carbocycles. The molecule has 8 heteroatoms. The average Bonchev–Trinajstić information content (AvgIpc) is 2.54. The van der Waals surface area contributed by atoms with Crippen LogP contribution in [-0.4, -0.2) is 59.8 Å². The Kier molecular flexibility index (Phi) is 5.01. The number of nitriles is 1. The van der Waals surface area contributed by atoms with Gasteiger partial charge >= 0.3 is 12.1 Å². The van der Waals surface area contributed by atoms with Crippen molar-refractivity contribution in [1.29, 1.82) is 5.26 Å². The number of carbonyl (C=O) groups is 2. The third-order valence-electron chi connectivity index (χ3n) is 3.66. The molecule has 122 valence electrons. The Morgan fingerprint density at radius 1 is 1.39 bits per heavy atom. The molecule has 1 amide bonds. The minimum absolute atomic E-state index is 0.249. The summed E-state index contributed by atoms with van der Waals surface area (Å²) in [6.07, 6.45) is -0.952. The summed E-state index contributed by atoms with van der Waals surface area (Å²) in [7, 11) is 0. The molecule has 1 saturated heterocycles. The Morgan fingerprint density at radius 2 is 2.04 bits per heavy atom. The molecular weight excluding hydrogens is 300 g/mol. The predicted molar refractivity (Wildman–Crippen MR) is 81.5 cm³/mol. The van der Waals surface area contributed by atoms with Gasteiger partial charge in [-0.2, -0.15) is 5.26 Å². The van der Waals surface area contributed by atoms with E-state index in [0.717, 1.165) is 0 Å². The number of anilines is 1. The second-order valence-corrected chi connectivity index (χ2v) is 5.08. The van der Waals surface area contributed by atoms with Crippen molar-refractivity contribution in [1.82, 2.24) is 9.88 Å². The van der Waals surface area contributed by atoms with Gasteiger partial charge in [-0.1, -0.05) is 0 Å². The van der Waals surface area contributed by atoms with E-state index in [-0.39, 0.29) is 17.7 Å². The summed E-state index contributed by atoms with van der Waals surface area (Å²) < 4.78 is 4.96. The highest BCUT2D eigenvalue weighted by Crippen LogP contribution is 2.22. The van der Waals surface area contributed by atoms with Crippen LogP contribution in [0.5, 0.6) is 0 Å². The topological polar surface area (TPSA) is 107 Å². The molecule has 0 aromatic carbocycles. The zero-order valence-electron chi connectivity index (χ0n) is 13.1. The molecule has 2 heterocycles. The Labute approximate surface area is 133 Å². The van der Waals surface area contributed by atoms with Gasteiger partial charge in [-0.15, -0.1) is 0 Å². The number of hydrogen-bond donors (Lipinski definition) is 1. The number of aromatic nitrogens is 1. The van der Waals surface area contributed by atoms with Crippen molar-refractivity contribution in [3.8, 4) is 6.07 Å². The first-order valence-corrected chi connectivity index (χ1v) is 7.29. The fourth-order valence-corrected chi connectivity index (χ4v) is 2.44. The fraction of sp³-hybridized carbons (Fsp3) is 0.467. The van der Waals surface area contributed by atoms with Crippen molar-refractivity contribution in [2.45, 2.75) is 13.8 Å². The van der Waals surface area contributed by atoms with Crippen LogP contribution in [0.4, 0.5) is 10.6 Å². The quantitative estimate of drug-likeness (QED) is 0.835. The van der Waals surface area contributed by atoms with Gasteiger partial charge in [-0.25, -0.2) is 14.6 Å². The second-order valence-electron chi connectivity index (χ2n) is 5.08. The lowest BCUT2D eigenvalue weighted by molar-refractivity contribution is 0.0525. The number of carbonyl (C=O) groups excluding carboxylic acids is 1. The first-order chi connectivity index (χ1) is 11.0. The summed E-state index contributed by atoms with van der Waals surface area (Å²) in [6.45, 7) is 5.24. The molecule has 0 spiro atoms. The number of aryl methyl sites for hydroxylation is 1. The number of piperazine rings is 1. The molecule has 2 rings (SSSR count). The van der Waals surface area contributed by atoms with Gasteiger partial charge in [0.05, 0.1) is 23.4 Å². The Bertz CT molecular complexity index is 660. The molecule has 0 saturated carbocycles. The van der Waals surface area contributed by atoms with Crippen LogP contribution >= 0.6 is 0 Å². The zero-order chi connectivity index (χ0) is 17.0. The lowest BCUT2D eigenvalue weighted by Gasteiger charge is -2.34. The molecule has 8 nitrogen and oxygen atoms in total. The smallest absolute Gasteiger partial charge is 0.407 e. The van der Waals surface area contributed by atoms with Gasteiger partial charge < -0.3 is 19.6 Å². The maximum atomic E-state index is 11.9. The van der Waals surface area contributed by atoms with Crippen LogP contribution in [0.3, 0.4) is 0 Å². The van der Waals surface area contributed by atoms with Crippen molar-refractivity contribution < 1.29 is 19.4 Å². The first-order valence-electron chi connectivity index (χ1n) is 7.29. The van der Waals surface area contributed by atoms with Crippen LogP contribution in [0.2, 0.25) is 0 Å². The van der Waals surface area contributed by atoms with E-state index in [2.05, 4.69) is 4.98 Å². The lowest BCUT2D eigenvalue weighted by Crippen LogP contribution is -2.48. The largest absolute Gasteiger partial charge is 0.465 e. The van der Waals surface area contributed by atoms with E-state index < -0.39 is 12.1 Å². The zero-order valence-corrected chi connectivity index (χ0v) is 13.1. The molecule has 0 bridgehead atoms. The summed E-state index contributed by atoms with van der Waals surface area (Å²) in [6, 6.07) is 3.53. The van der Waals surface area contributed by atoms with Gasteiger partial charge in [0.15, 0.2) is 0 Å². The van der Waals surface area contributed by atoms with Crippen molar-refractivity contribution in [3.05, 3.63) is 22.9 Å². The van der Waals surface area contributed by atoms with Crippen LogP contribution in [0.25, 0.3) is 0 Å². The van der Waals surface area contributed by atoms with E-state index in [9.17, 15) is 14.9 Å². The molecule has 1 aliphatic heterocycles. The standard InChI is InChI=1S/C15H18N4O4/c1-3-23-14(20)12-8-11(9-16)13(17-10(12)2)18-4-6-19(7-5-18)15(21)22/h8H,3-7H2,1-2H3,(H,21,22). The molecule has 0 atom stereocenters. The van der Waals surface area contributed by atoms with Crippen molar-refractivity contribution in [2.24, 2.45) is 0 Å². The molecular formula is C15H18N4O4. The van der Waals surface area contributed by atoms with Crippen molar-refractivity contribution in [2.75, 3.05) is 37.7 Å². The van der Waals surface area contributed by atoms with E-state index >= 15 is 0 Å². The number of ether oxygens (including phenoxy) is 1. The molecule has 0 unspecified atom stereocenters. The van der Waals surface area contributed by atoms with Crippen LogP contribution in [0, 0.1) is 18.3 Å². The number of carboxylic acid groups (broad SMARTS) is 1. The van der Waals surface area contributed by atoms with E-state index in [1.54, 1.807) is 13.8 Å². The molecule has 1 N–H and O–H groups in total. The average molecular weight is 318 g/mol. The van der Waals surface area contributed by atoms with Gasteiger partial charge in [-0.05, 0) is 19.9 Å². The molecule has 1 aromatic heterocycles. The molecule has 1 fully saturated rings. The van der Waals surface area contributed by atoms with E-state index in [0.29, 0.717) is 37.7 Å². The van der Waals surface area contributed by atoms with Crippen molar-refractivity contribution in [3.63, 3.8) is 0 Å². The number of hydrogen-bond acceptors (Lipinski definition) is 6. The Balaban J connectivity index is 2.27. The van der Waals surface area contributed by atoms with Crippen LogP contribution in [-0.2, 0) is 4.74 Å². The van der Waals surface area contributed by atoms with Crippen LogP contribution in [0.15, 0.2) is 6.07 Å². The third-order valence-corrected chi connectivity index (χ3v) is 3.66. The number of esters is 1. The second kappa shape index (κ2) is 6.96. The maximum Gasteiger partial charge on any atom is 0.407 e. The molecule has 1 aromatic rings. The third kappa shape index (κ3) is 3.51. The lowest BCUT2D eigenvalue weighted by atomic mass is 10.1. The van der Waals surface area contributed by atoms with E-state index in [1.807, 2.05) is 11.0 Å². The highest BCUT2D eigenvalue weighted by Gasteiger charge is 2.24. The summed E-state index contributed by atoms with van der Waals surface area (Å²) in [5.74, 6) is -0.0284. The van der Waals surface area contributed by atoms with Gasteiger partial charge in [0.25, 0.3) is 0 Å². The summed E-state index contributed by atoms with van der Waals surface area (Å²) >= 11 is 0. The van der Waals surface area contributed by atoms with Gasteiger partial charge in [-0.3, -0.25) is 0 Å². The Morgan fingerprint density at radius 3 is 2.57 bits per heavy atom. The Hall–Kier alpha value is -2.82.